The van der Waals surface area contributed by atoms with Crippen LogP contribution in [0.15, 0.2) is 4.52 Å². The van der Waals surface area contributed by atoms with Crippen LogP contribution in [0.25, 0.3) is 0 Å². The Morgan fingerprint density at radius 2 is 2.12 bits per heavy atom. The number of aryl methyl sites for hydroxylation is 1. The van der Waals surface area contributed by atoms with Crippen LogP contribution in [0.1, 0.15) is 36.8 Å². The van der Waals surface area contributed by atoms with E-state index >= 15 is 0 Å². The second-order valence-electron chi connectivity index (χ2n) is 3.10. The zero-order chi connectivity index (χ0) is 12.1. The molecule has 16 heavy (non-hydrogen) atoms. The number of imide groups is 1. The van der Waals surface area contributed by atoms with Crippen LogP contribution in [0.3, 0.4) is 0 Å². The first-order valence-electron chi connectivity index (χ1n) is 4.97. The minimum Gasteiger partial charge on any atom is -0.465 e. The van der Waals surface area contributed by atoms with Crippen molar-refractivity contribution in [1.82, 2.24) is 15.0 Å². The number of carboxylic acid groups (broad SMARTS) is 1. The van der Waals surface area contributed by atoms with Crippen LogP contribution in [0.4, 0.5) is 4.79 Å². The van der Waals surface area contributed by atoms with Crippen LogP contribution in [0, 0.1) is 0 Å². The van der Waals surface area contributed by atoms with Crippen molar-refractivity contribution in [3.63, 3.8) is 0 Å². The van der Waals surface area contributed by atoms with Crippen LogP contribution in [0.2, 0.25) is 0 Å². The molecule has 1 N–H and O–H groups in total. The van der Waals surface area contributed by atoms with Crippen molar-refractivity contribution in [2.75, 3.05) is 6.54 Å². The highest BCUT2D eigenvalue weighted by Gasteiger charge is 2.25. The normalized spacial score (nSPS) is 10.1. The highest BCUT2D eigenvalue weighted by molar-refractivity contribution is 5.99. The van der Waals surface area contributed by atoms with Gasteiger partial charge in [0.25, 0.3) is 5.82 Å². The summed E-state index contributed by atoms with van der Waals surface area (Å²) in [5.41, 5.74) is 0. The average molecular weight is 227 g/mol. The molecule has 0 spiro atoms. The zero-order valence-electron chi connectivity index (χ0n) is 9.13. The van der Waals surface area contributed by atoms with Crippen molar-refractivity contribution in [1.29, 1.82) is 0 Å². The molecule has 0 atom stereocenters. The maximum Gasteiger partial charge on any atom is 0.414 e. The molecule has 1 aromatic rings. The molecule has 1 aromatic heterocycles. The molecule has 0 unspecified atom stereocenters. The number of nitrogens with zero attached hydrogens (tertiary/aromatic N) is 3. The number of carbonyl (C=O) groups excluding carboxylic acids is 1. The van der Waals surface area contributed by atoms with E-state index in [9.17, 15) is 9.59 Å². The molecular formula is C9H13N3O4. The largest absolute Gasteiger partial charge is 0.465 e. The maximum atomic E-state index is 11.7. The van der Waals surface area contributed by atoms with Gasteiger partial charge in [-0.3, -0.25) is 4.79 Å². The molecule has 7 heteroatoms. The lowest BCUT2D eigenvalue weighted by atomic mass is 10.4. The summed E-state index contributed by atoms with van der Waals surface area (Å²) in [5.74, 6) is -0.657. The van der Waals surface area contributed by atoms with Gasteiger partial charge < -0.3 is 9.63 Å². The Morgan fingerprint density at radius 1 is 1.44 bits per heavy atom. The third-order valence-electron chi connectivity index (χ3n) is 1.89. The fraction of sp³-hybridized carbons (Fsp3) is 0.556. The van der Waals surface area contributed by atoms with Gasteiger partial charge in [-0.1, -0.05) is 19.0 Å². The highest BCUT2D eigenvalue weighted by atomic mass is 16.5. The molecule has 0 aliphatic heterocycles. The first-order chi connectivity index (χ1) is 7.60. The lowest BCUT2D eigenvalue weighted by Crippen LogP contribution is -2.37. The van der Waals surface area contributed by atoms with E-state index in [-0.39, 0.29) is 12.4 Å². The summed E-state index contributed by atoms with van der Waals surface area (Å²) >= 11 is 0. The number of hydrogen-bond donors (Lipinski definition) is 1. The summed E-state index contributed by atoms with van der Waals surface area (Å²) < 4.78 is 4.74. The van der Waals surface area contributed by atoms with E-state index in [1.54, 1.807) is 13.8 Å². The maximum absolute atomic E-state index is 11.7. The van der Waals surface area contributed by atoms with Gasteiger partial charge in [-0.15, -0.1) is 0 Å². The Labute approximate surface area is 92.0 Å². The van der Waals surface area contributed by atoms with Crippen LogP contribution >= 0.6 is 0 Å². The number of hydrogen-bond acceptors (Lipinski definition) is 5. The summed E-state index contributed by atoms with van der Waals surface area (Å²) in [6.07, 6.45) is -0.271. The van der Waals surface area contributed by atoms with Crippen molar-refractivity contribution in [2.45, 2.75) is 26.7 Å². The Kier molecular flexibility index (Phi) is 3.98. The molecule has 0 fully saturated rings. The van der Waals surface area contributed by atoms with Gasteiger partial charge in [0.1, 0.15) is 0 Å². The molecule has 0 aromatic carbocycles. The van der Waals surface area contributed by atoms with Gasteiger partial charge in [0.2, 0.25) is 5.89 Å². The Balaban J connectivity index is 2.85. The molecule has 0 bridgehead atoms. The van der Waals surface area contributed by atoms with E-state index < -0.39 is 12.0 Å². The summed E-state index contributed by atoms with van der Waals surface area (Å²) in [6.45, 7) is 3.68. The molecule has 2 amide bonds. The minimum absolute atomic E-state index is 0.115. The first kappa shape index (κ1) is 12.2. The van der Waals surface area contributed by atoms with Crippen molar-refractivity contribution >= 4 is 12.0 Å². The quantitative estimate of drug-likeness (QED) is 0.829. The van der Waals surface area contributed by atoms with Gasteiger partial charge >= 0.3 is 12.0 Å². The fourth-order valence-corrected chi connectivity index (χ4v) is 1.11. The summed E-state index contributed by atoms with van der Waals surface area (Å²) in [4.78, 5) is 26.9. The van der Waals surface area contributed by atoms with Gasteiger partial charge in [0.05, 0.1) is 0 Å². The molecule has 0 saturated heterocycles. The van der Waals surface area contributed by atoms with E-state index in [0.717, 1.165) is 0 Å². The summed E-state index contributed by atoms with van der Waals surface area (Å²) in [5, 5.41) is 12.3. The van der Waals surface area contributed by atoms with Crippen LogP contribution in [-0.2, 0) is 6.42 Å². The molecule has 0 aliphatic rings. The van der Waals surface area contributed by atoms with Crippen LogP contribution < -0.4 is 0 Å². The Hall–Kier alpha value is -1.92. The Bertz CT molecular complexity index is 388. The van der Waals surface area contributed by atoms with Gasteiger partial charge in [-0.25, -0.2) is 9.69 Å². The average Bonchev–Trinajstić information content (AvgIpc) is 2.73. The second kappa shape index (κ2) is 5.24. The molecular weight excluding hydrogens is 214 g/mol. The summed E-state index contributed by atoms with van der Waals surface area (Å²) in [6, 6.07) is 0. The first-order valence-corrected chi connectivity index (χ1v) is 4.97. The van der Waals surface area contributed by atoms with Crippen LogP contribution in [-0.4, -0.2) is 38.7 Å². The van der Waals surface area contributed by atoms with E-state index in [1.807, 2.05) is 0 Å². The van der Waals surface area contributed by atoms with Gasteiger partial charge in [0.15, 0.2) is 0 Å². The molecule has 7 nitrogen and oxygen atoms in total. The van der Waals surface area contributed by atoms with Crippen molar-refractivity contribution in [3.05, 3.63) is 11.7 Å². The van der Waals surface area contributed by atoms with Crippen molar-refractivity contribution in [3.8, 4) is 0 Å². The van der Waals surface area contributed by atoms with Crippen LogP contribution in [0.5, 0.6) is 0 Å². The lowest BCUT2D eigenvalue weighted by Gasteiger charge is -2.13. The monoisotopic (exact) mass is 227 g/mol. The number of rotatable bonds is 4. The smallest absolute Gasteiger partial charge is 0.414 e. The van der Waals surface area contributed by atoms with E-state index in [4.69, 9.17) is 9.63 Å². The Morgan fingerprint density at radius 3 is 2.56 bits per heavy atom. The lowest BCUT2D eigenvalue weighted by molar-refractivity contribution is 0.0727. The molecule has 88 valence electrons. The topological polar surface area (TPSA) is 96.5 Å². The number of aromatic nitrogens is 2. The molecule has 0 radical (unpaired) electrons. The molecule has 1 heterocycles. The SMILES string of the molecule is CCCN(C(=O)O)C(=O)c1noc(CC)n1. The fourth-order valence-electron chi connectivity index (χ4n) is 1.11. The van der Waals surface area contributed by atoms with Gasteiger partial charge in [0, 0.05) is 13.0 Å². The van der Waals surface area contributed by atoms with Crippen molar-refractivity contribution < 1.29 is 19.2 Å². The second-order valence-corrected chi connectivity index (χ2v) is 3.10. The third-order valence-corrected chi connectivity index (χ3v) is 1.89. The zero-order valence-corrected chi connectivity index (χ0v) is 9.13. The molecule has 0 aliphatic carbocycles. The summed E-state index contributed by atoms with van der Waals surface area (Å²) in [7, 11) is 0. The number of carbonyl (C=O) groups is 2. The van der Waals surface area contributed by atoms with E-state index in [0.29, 0.717) is 23.6 Å². The van der Waals surface area contributed by atoms with Gasteiger partial charge in [-0.05, 0) is 6.42 Å². The van der Waals surface area contributed by atoms with Gasteiger partial charge in [-0.2, -0.15) is 4.98 Å². The van der Waals surface area contributed by atoms with E-state index in [2.05, 4.69) is 10.1 Å². The minimum atomic E-state index is -1.31. The molecule has 0 saturated carbocycles. The predicted molar refractivity (Wildman–Crippen MR) is 53.0 cm³/mol. The van der Waals surface area contributed by atoms with E-state index in [1.165, 1.54) is 0 Å². The standard InChI is InChI=1S/C9H13N3O4/c1-3-5-12(9(14)15)8(13)7-10-6(4-2)16-11-7/h3-5H2,1-2H3,(H,14,15). The highest BCUT2D eigenvalue weighted by Crippen LogP contribution is 2.04. The number of amides is 2. The van der Waals surface area contributed by atoms with Crippen molar-refractivity contribution in [2.24, 2.45) is 0 Å². The predicted octanol–water partition coefficient (Wildman–Crippen LogP) is 1.16. The molecule has 1 rings (SSSR count). The third kappa shape index (κ3) is 2.56.